The molecule has 0 aliphatic carbocycles. The number of aromatic nitrogens is 4. The highest BCUT2D eigenvalue weighted by Crippen LogP contribution is 2.37. The zero-order valence-corrected chi connectivity index (χ0v) is 34.3. The molecular formula is C40H51F3N10O4S. The van der Waals surface area contributed by atoms with Gasteiger partial charge >= 0.3 is 18.4 Å². The van der Waals surface area contributed by atoms with Crippen LogP contribution in [0.2, 0.25) is 0 Å². The van der Waals surface area contributed by atoms with Crippen LogP contribution in [-0.2, 0) is 6.42 Å². The van der Waals surface area contributed by atoms with Crippen LogP contribution in [0.4, 0.5) is 28.4 Å². The minimum Gasteiger partial charge on any atom is -0.457 e. The summed E-state index contributed by atoms with van der Waals surface area (Å²) in [4.78, 5) is 29.0. The second-order valence-electron chi connectivity index (χ2n) is 13.6. The van der Waals surface area contributed by atoms with E-state index in [1.54, 1.807) is 13.8 Å². The van der Waals surface area contributed by atoms with Crippen LogP contribution in [0, 0.1) is 13.8 Å². The van der Waals surface area contributed by atoms with E-state index in [2.05, 4.69) is 45.6 Å². The van der Waals surface area contributed by atoms with Gasteiger partial charge in [-0.25, -0.2) is 14.3 Å². The van der Waals surface area contributed by atoms with Gasteiger partial charge < -0.3 is 40.5 Å². The summed E-state index contributed by atoms with van der Waals surface area (Å²) in [7, 11) is 7.96. The van der Waals surface area contributed by atoms with Crippen LogP contribution >= 0.6 is 11.5 Å². The molecule has 0 spiro atoms. The molecular weight excluding hydrogens is 774 g/mol. The predicted molar refractivity (Wildman–Crippen MR) is 220 cm³/mol. The Bertz CT molecular complexity index is 2010. The van der Waals surface area contributed by atoms with Crippen molar-refractivity contribution < 1.29 is 32.2 Å². The van der Waals surface area contributed by atoms with Gasteiger partial charge in [0.05, 0.1) is 27.6 Å². The lowest BCUT2D eigenvalue weighted by atomic mass is 10.1. The molecule has 312 valence electrons. The van der Waals surface area contributed by atoms with Crippen LogP contribution in [-0.4, -0.2) is 109 Å². The molecule has 14 nitrogen and oxygen atoms in total. The van der Waals surface area contributed by atoms with Crippen LogP contribution in [0.5, 0.6) is 17.2 Å². The summed E-state index contributed by atoms with van der Waals surface area (Å²) in [5, 5.41) is 20.0. The van der Waals surface area contributed by atoms with Gasteiger partial charge in [-0.2, -0.15) is 5.10 Å². The van der Waals surface area contributed by atoms with E-state index in [9.17, 15) is 22.8 Å². The molecule has 18 heteroatoms. The number of anilines is 1. The summed E-state index contributed by atoms with van der Waals surface area (Å²) in [5.74, 6) is 1.28. The Morgan fingerprint density at radius 2 is 1.31 bits per heavy atom. The van der Waals surface area contributed by atoms with Crippen molar-refractivity contribution >= 4 is 29.3 Å². The van der Waals surface area contributed by atoms with Crippen molar-refractivity contribution in [3.8, 4) is 33.5 Å². The highest BCUT2D eigenvalue weighted by molar-refractivity contribution is 7.09. The second kappa shape index (κ2) is 22.3. The molecule has 0 radical (unpaired) electrons. The first-order chi connectivity index (χ1) is 27.7. The lowest BCUT2D eigenvalue weighted by Gasteiger charge is -2.12. The molecule has 4 N–H and O–H groups in total. The smallest absolute Gasteiger partial charge is 0.457 e. The normalized spacial score (nSPS) is 11.2. The molecule has 0 bridgehead atoms. The molecule has 0 atom stereocenters. The number of nitrogens with zero attached hydrogens (tertiary/aromatic N) is 6. The van der Waals surface area contributed by atoms with Gasteiger partial charge in [0.1, 0.15) is 22.9 Å². The van der Waals surface area contributed by atoms with E-state index in [4.69, 9.17) is 4.74 Å². The molecule has 0 saturated heterocycles. The maximum Gasteiger partial charge on any atom is 0.573 e. The highest BCUT2D eigenvalue weighted by atomic mass is 32.1. The number of urea groups is 2. The van der Waals surface area contributed by atoms with Crippen molar-refractivity contribution in [2.45, 2.75) is 39.5 Å². The van der Waals surface area contributed by atoms with Crippen LogP contribution < -0.4 is 30.7 Å². The minimum absolute atomic E-state index is 0.109. The van der Waals surface area contributed by atoms with E-state index in [0.29, 0.717) is 53.0 Å². The summed E-state index contributed by atoms with van der Waals surface area (Å²) in [5.41, 5.74) is 3.80. The minimum atomic E-state index is -4.78. The number of alkyl halides is 3. The third-order valence-electron chi connectivity index (χ3n) is 8.22. The Hall–Kier alpha value is -5.72. The van der Waals surface area contributed by atoms with Crippen LogP contribution in [0.15, 0.2) is 78.9 Å². The van der Waals surface area contributed by atoms with E-state index >= 15 is 0 Å². The van der Waals surface area contributed by atoms with E-state index in [0.717, 1.165) is 60.9 Å². The number of hydrogen-bond acceptors (Lipinski definition) is 10. The Morgan fingerprint density at radius 3 is 1.88 bits per heavy atom. The van der Waals surface area contributed by atoms with Gasteiger partial charge in [0, 0.05) is 19.6 Å². The quantitative estimate of drug-likeness (QED) is 0.0712. The van der Waals surface area contributed by atoms with E-state index in [1.807, 2.05) is 87.7 Å². The molecule has 2 heterocycles. The summed E-state index contributed by atoms with van der Waals surface area (Å²) >= 11 is 1.13. The number of carbonyl (C=O) groups is 2. The summed E-state index contributed by atoms with van der Waals surface area (Å²) < 4.78 is 52.7. The Morgan fingerprint density at radius 1 is 0.741 bits per heavy atom. The van der Waals surface area contributed by atoms with Crippen molar-refractivity contribution in [2.24, 2.45) is 0 Å². The number of carbonyl (C=O) groups excluding carboxylic acids is 2. The van der Waals surface area contributed by atoms with Gasteiger partial charge in [-0.3, -0.25) is 0 Å². The molecule has 0 aliphatic rings. The molecule has 5 aromatic rings. The monoisotopic (exact) mass is 824 g/mol. The zero-order valence-electron chi connectivity index (χ0n) is 33.5. The summed E-state index contributed by atoms with van der Waals surface area (Å²) in [6, 6.07) is 22.4. The number of halogens is 3. The fourth-order valence-electron chi connectivity index (χ4n) is 5.39. The number of nitrogens with one attached hydrogen (secondary N) is 4. The maximum atomic E-state index is 12.5. The van der Waals surface area contributed by atoms with Gasteiger partial charge in [0.15, 0.2) is 0 Å². The standard InChI is InChI=1S/C20H24F3N7O2S.C20H27N3O2/c1-12-16(25-19(31)24-10-5-11-29(3)4)17(18-13(2)26-28-33-18)30(27-12)14-6-8-15(9-7-14)32-20(21,22)23;1-23(2)16-6-14-21-20(24)22-15-13-17-9-11-19(12-10-17)25-18-7-4-3-5-8-18/h6-9H,5,10-11H2,1-4H3,(H2,24,25,31);3-5,7-12H,6,13-16H2,1-2H3,(H2,21,22,24). The van der Waals surface area contributed by atoms with Crippen molar-refractivity contribution in [2.75, 3.05) is 66.2 Å². The van der Waals surface area contributed by atoms with Gasteiger partial charge in [0.25, 0.3) is 0 Å². The molecule has 3 aromatic carbocycles. The molecule has 2 aromatic heterocycles. The largest absolute Gasteiger partial charge is 0.573 e. The van der Waals surface area contributed by atoms with Crippen molar-refractivity contribution in [1.82, 2.24) is 45.1 Å². The Labute approximate surface area is 340 Å². The topological polar surface area (TPSA) is 151 Å². The number of ether oxygens (including phenoxy) is 2. The summed E-state index contributed by atoms with van der Waals surface area (Å²) in [6.07, 6.45) is -2.26. The predicted octanol–water partition coefficient (Wildman–Crippen LogP) is 7.25. The fraction of sp³-hybridized carbons (Fsp3) is 0.375. The van der Waals surface area contributed by atoms with E-state index in [-0.39, 0.29) is 17.8 Å². The molecule has 58 heavy (non-hydrogen) atoms. The third kappa shape index (κ3) is 15.3. The number of benzene rings is 3. The van der Waals surface area contributed by atoms with Crippen molar-refractivity contribution in [3.63, 3.8) is 0 Å². The first-order valence-corrected chi connectivity index (χ1v) is 19.4. The molecule has 0 aliphatic heterocycles. The maximum absolute atomic E-state index is 12.5. The van der Waals surface area contributed by atoms with E-state index < -0.39 is 6.36 Å². The number of para-hydroxylation sites is 1. The number of hydrogen-bond donors (Lipinski definition) is 4. The van der Waals surface area contributed by atoms with Crippen LogP contribution in [0.3, 0.4) is 0 Å². The van der Waals surface area contributed by atoms with Gasteiger partial charge in [0.2, 0.25) is 0 Å². The van der Waals surface area contributed by atoms with Gasteiger partial charge in [-0.1, -0.05) is 34.8 Å². The molecule has 4 amide bonds. The van der Waals surface area contributed by atoms with Crippen LogP contribution in [0.1, 0.15) is 29.8 Å². The van der Waals surface area contributed by atoms with Crippen molar-refractivity contribution in [3.05, 3.63) is 95.8 Å². The third-order valence-corrected chi connectivity index (χ3v) is 9.05. The first kappa shape index (κ1) is 45.0. The molecule has 5 rings (SSSR count). The number of rotatable bonds is 17. The number of aryl methyl sites for hydroxylation is 2. The average Bonchev–Trinajstić information content (AvgIpc) is 3.74. The SMILES string of the molecule is CN(C)CCCNC(=O)NCCc1ccc(Oc2ccccc2)cc1.Cc1nnsc1-c1c(NC(=O)NCCCN(C)C)c(C)nn1-c1ccc(OC(F)(F)F)cc1. The van der Waals surface area contributed by atoms with Gasteiger partial charge in [-0.15, -0.1) is 18.3 Å². The van der Waals surface area contributed by atoms with Crippen molar-refractivity contribution in [1.29, 1.82) is 0 Å². The lowest BCUT2D eigenvalue weighted by Crippen LogP contribution is -2.37. The average molecular weight is 825 g/mol. The molecule has 0 unspecified atom stereocenters. The first-order valence-electron chi connectivity index (χ1n) is 18.6. The zero-order chi connectivity index (χ0) is 42.1. The molecule has 0 saturated carbocycles. The van der Waals surface area contributed by atoms with Crippen LogP contribution in [0.25, 0.3) is 16.3 Å². The fourth-order valence-corrected chi connectivity index (χ4v) is 6.09. The van der Waals surface area contributed by atoms with E-state index in [1.165, 1.54) is 28.9 Å². The van der Waals surface area contributed by atoms with Gasteiger partial charge in [-0.05, 0) is 140 Å². The Balaban J connectivity index is 0.000000267. The highest BCUT2D eigenvalue weighted by Gasteiger charge is 2.31. The second-order valence-corrected chi connectivity index (χ2v) is 14.4. The lowest BCUT2D eigenvalue weighted by molar-refractivity contribution is -0.274. The Kier molecular flexibility index (Phi) is 17.3. The summed E-state index contributed by atoms with van der Waals surface area (Å²) in [6.45, 7) is 7.10. The number of amides is 4. The molecule has 0 fully saturated rings.